The van der Waals surface area contributed by atoms with Crippen LogP contribution in [0.25, 0.3) is 6.08 Å². The van der Waals surface area contributed by atoms with Crippen molar-refractivity contribution < 1.29 is 19.0 Å². The highest BCUT2D eigenvalue weighted by Crippen LogP contribution is 2.35. The summed E-state index contributed by atoms with van der Waals surface area (Å²) in [5.41, 5.74) is 1.76. The smallest absolute Gasteiger partial charge is 0.283 e. The molecule has 3 rings (SSSR count). The second kappa shape index (κ2) is 9.91. The van der Waals surface area contributed by atoms with E-state index in [4.69, 9.17) is 25.8 Å². The molecule has 1 aliphatic heterocycles. The number of nitrogens with zero attached hydrogens (tertiary/aromatic N) is 2. The predicted octanol–water partition coefficient (Wildman–Crippen LogP) is 5.25. The van der Waals surface area contributed by atoms with Gasteiger partial charge >= 0.3 is 0 Å². The Morgan fingerprint density at radius 1 is 1.07 bits per heavy atom. The number of carbonyl (C=O) groups is 1. The third-order valence-corrected chi connectivity index (χ3v) is 5.40. The summed E-state index contributed by atoms with van der Waals surface area (Å²) in [5, 5.41) is 1.03. The summed E-state index contributed by atoms with van der Waals surface area (Å²) < 4.78 is 16.2. The van der Waals surface area contributed by atoms with Gasteiger partial charge in [-0.2, -0.15) is 0 Å². The molecule has 0 bridgehead atoms. The van der Waals surface area contributed by atoms with Gasteiger partial charge in [0, 0.05) is 0 Å². The minimum atomic E-state index is -0.222. The Morgan fingerprint density at radius 2 is 1.80 bits per heavy atom. The first-order valence-corrected chi connectivity index (χ1v) is 10.8. The highest BCUT2D eigenvalue weighted by atomic mass is 35.5. The molecular weight excluding hydrogens is 424 g/mol. The van der Waals surface area contributed by atoms with Crippen molar-refractivity contribution in [2.45, 2.75) is 13.8 Å². The number of hydrogen-bond acceptors (Lipinski definition) is 6. The number of aliphatic imine (C=N–C) groups is 1. The second-order valence-corrected chi connectivity index (χ2v) is 7.80. The molecule has 0 unspecified atom stereocenters. The monoisotopic (exact) mass is 446 g/mol. The molecule has 8 heteroatoms. The van der Waals surface area contributed by atoms with Crippen molar-refractivity contribution in [3.63, 3.8) is 0 Å². The van der Waals surface area contributed by atoms with Gasteiger partial charge in [-0.1, -0.05) is 36.4 Å². The van der Waals surface area contributed by atoms with E-state index in [1.165, 1.54) is 11.8 Å². The highest BCUT2D eigenvalue weighted by molar-refractivity contribution is 8.14. The van der Waals surface area contributed by atoms with E-state index in [0.29, 0.717) is 45.4 Å². The van der Waals surface area contributed by atoms with Crippen LogP contribution in [-0.4, -0.2) is 37.7 Å². The molecule has 2 aromatic rings. The molecule has 0 atom stereocenters. The lowest BCUT2D eigenvalue weighted by atomic mass is 10.1. The molecule has 0 spiro atoms. The van der Waals surface area contributed by atoms with Crippen LogP contribution in [0.5, 0.6) is 17.2 Å². The first-order chi connectivity index (χ1) is 14.5. The largest absolute Gasteiger partial charge is 0.495 e. The fourth-order valence-corrected chi connectivity index (χ4v) is 3.94. The van der Waals surface area contributed by atoms with Gasteiger partial charge in [-0.3, -0.25) is 9.69 Å². The average Bonchev–Trinajstić information content (AvgIpc) is 3.04. The zero-order valence-corrected chi connectivity index (χ0v) is 18.8. The number of anilines is 1. The van der Waals surface area contributed by atoms with Crippen molar-refractivity contribution in [2.24, 2.45) is 4.99 Å². The van der Waals surface area contributed by atoms with Crippen LogP contribution in [-0.2, 0) is 4.79 Å². The second-order valence-electron chi connectivity index (χ2n) is 6.16. The summed E-state index contributed by atoms with van der Waals surface area (Å²) in [6, 6.07) is 10.7. The van der Waals surface area contributed by atoms with Crippen LogP contribution in [0.3, 0.4) is 0 Å². The third-order valence-electron chi connectivity index (χ3n) is 4.29. The number of rotatable bonds is 7. The zero-order chi connectivity index (χ0) is 21.7. The molecule has 2 aromatic carbocycles. The van der Waals surface area contributed by atoms with E-state index in [2.05, 4.69) is 4.99 Å². The van der Waals surface area contributed by atoms with Gasteiger partial charge < -0.3 is 14.2 Å². The molecule has 0 radical (unpaired) electrons. The topological polar surface area (TPSA) is 60.4 Å². The SMILES string of the molecule is CCOc1ccc(/C=C2\N=C(SCC)N(c3ccc(OC)c(Cl)c3)C2=O)cc1OC. The maximum atomic E-state index is 13.2. The van der Waals surface area contributed by atoms with Crippen molar-refractivity contribution in [1.29, 1.82) is 0 Å². The summed E-state index contributed by atoms with van der Waals surface area (Å²) in [7, 11) is 3.13. The molecule has 0 N–H and O–H groups in total. The summed E-state index contributed by atoms with van der Waals surface area (Å²) in [6.07, 6.45) is 1.74. The van der Waals surface area contributed by atoms with Gasteiger partial charge in [-0.15, -0.1) is 0 Å². The number of amides is 1. The first-order valence-electron chi connectivity index (χ1n) is 9.44. The van der Waals surface area contributed by atoms with Crippen molar-refractivity contribution in [2.75, 3.05) is 31.5 Å². The van der Waals surface area contributed by atoms with Gasteiger partial charge in [0.2, 0.25) is 0 Å². The Hall–Kier alpha value is -2.64. The minimum Gasteiger partial charge on any atom is -0.495 e. The summed E-state index contributed by atoms with van der Waals surface area (Å²) in [4.78, 5) is 19.3. The number of ether oxygens (including phenoxy) is 3. The molecule has 1 heterocycles. The Morgan fingerprint density at radius 3 is 2.43 bits per heavy atom. The van der Waals surface area contributed by atoms with E-state index < -0.39 is 0 Å². The highest BCUT2D eigenvalue weighted by Gasteiger charge is 2.32. The maximum Gasteiger partial charge on any atom is 0.283 e. The van der Waals surface area contributed by atoms with E-state index in [1.54, 1.807) is 43.4 Å². The van der Waals surface area contributed by atoms with Crippen molar-refractivity contribution in [3.8, 4) is 17.2 Å². The van der Waals surface area contributed by atoms with Gasteiger partial charge in [-0.05, 0) is 54.6 Å². The Balaban J connectivity index is 1.97. The van der Waals surface area contributed by atoms with Crippen LogP contribution >= 0.6 is 23.4 Å². The Labute approximate surface area is 185 Å². The molecule has 0 aromatic heterocycles. The number of thioether (sulfide) groups is 1. The molecule has 6 nitrogen and oxygen atoms in total. The predicted molar refractivity (Wildman–Crippen MR) is 123 cm³/mol. The number of hydrogen-bond donors (Lipinski definition) is 0. The molecule has 1 aliphatic rings. The van der Waals surface area contributed by atoms with Gasteiger partial charge in [0.1, 0.15) is 11.4 Å². The summed E-state index contributed by atoms with van der Waals surface area (Å²) in [5.74, 6) is 2.35. The minimum absolute atomic E-state index is 0.222. The van der Waals surface area contributed by atoms with Crippen molar-refractivity contribution in [1.82, 2.24) is 0 Å². The van der Waals surface area contributed by atoms with Gasteiger partial charge in [-0.25, -0.2) is 4.99 Å². The molecular formula is C22H23ClN2O4S. The number of benzene rings is 2. The molecule has 30 heavy (non-hydrogen) atoms. The lowest BCUT2D eigenvalue weighted by molar-refractivity contribution is -0.113. The van der Waals surface area contributed by atoms with E-state index >= 15 is 0 Å². The molecule has 1 amide bonds. The van der Waals surface area contributed by atoms with E-state index in [9.17, 15) is 4.79 Å². The molecule has 0 saturated carbocycles. The first kappa shape index (κ1) is 22.1. The normalized spacial score (nSPS) is 14.8. The third kappa shape index (κ3) is 4.57. The molecule has 0 saturated heterocycles. The van der Waals surface area contributed by atoms with Crippen LogP contribution in [0.1, 0.15) is 19.4 Å². The van der Waals surface area contributed by atoms with E-state index in [0.717, 1.165) is 11.3 Å². The Kier molecular flexibility index (Phi) is 7.29. The zero-order valence-electron chi connectivity index (χ0n) is 17.3. The van der Waals surface area contributed by atoms with Gasteiger partial charge in [0.25, 0.3) is 5.91 Å². The van der Waals surface area contributed by atoms with E-state index in [1.807, 2.05) is 32.0 Å². The fourth-order valence-electron chi connectivity index (χ4n) is 2.95. The number of amidine groups is 1. The van der Waals surface area contributed by atoms with Crippen LogP contribution in [0.4, 0.5) is 5.69 Å². The van der Waals surface area contributed by atoms with Crippen LogP contribution in [0, 0.1) is 0 Å². The summed E-state index contributed by atoms with van der Waals surface area (Å²) in [6.45, 7) is 4.46. The maximum absolute atomic E-state index is 13.2. The van der Waals surface area contributed by atoms with Crippen molar-refractivity contribution >= 4 is 46.2 Å². The quantitative estimate of drug-likeness (QED) is 0.543. The average molecular weight is 447 g/mol. The van der Waals surface area contributed by atoms with Crippen LogP contribution < -0.4 is 19.1 Å². The lowest BCUT2D eigenvalue weighted by Crippen LogP contribution is -2.30. The molecule has 158 valence electrons. The Bertz CT molecular complexity index is 1010. The van der Waals surface area contributed by atoms with E-state index in [-0.39, 0.29) is 5.91 Å². The number of halogens is 1. The lowest BCUT2D eigenvalue weighted by Gasteiger charge is -2.18. The van der Waals surface area contributed by atoms with Crippen molar-refractivity contribution in [3.05, 3.63) is 52.7 Å². The van der Waals surface area contributed by atoms with Crippen LogP contribution in [0.15, 0.2) is 47.1 Å². The standard InChI is InChI=1S/C22H23ClN2O4S/c1-5-29-19-9-7-14(12-20(19)28-4)11-17-21(26)25(22(24-17)30-6-2)15-8-10-18(27-3)16(23)13-15/h7-13H,5-6H2,1-4H3/b17-11-. The van der Waals surface area contributed by atoms with Gasteiger partial charge in [0.05, 0.1) is 31.5 Å². The summed E-state index contributed by atoms with van der Waals surface area (Å²) >= 11 is 7.76. The number of methoxy groups -OCH3 is 2. The van der Waals surface area contributed by atoms with Gasteiger partial charge in [0.15, 0.2) is 16.7 Å². The number of carbonyl (C=O) groups excluding carboxylic acids is 1. The molecule has 0 fully saturated rings. The van der Waals surface area contributed by atoms with Crippen LogP contribution in [0.2, 0.25) is 5.02 Å². The molecule has 0 aliphatic carbocycles. The fraction of sp³-hybridized carbons (Fsp3) is 0.273.